The van der Waals surface area contributed by atoms with Crippen LogP contribution in [0.25, 0.3) is 11.4 Å². The van der Waals surface area contributed by atoms with Gasteiger partial charge in [0.15, 0.2) is 0 Å². The summed E-state index contributed by atoms with van der Waals surface area (Å²) in [5.74, 6) is 0.523. The molecule has 19 heavy (non-hydrogen) atoms. The number of anilines is 1. The number of carbonyl (C=O) groups is 1. The summed E-state index contributed by atoms with van der Waals surface area (Å²) < 4.78 is 0. The second kappa shape index (κ2) is 7.87. The van der Waals surface area contributed by atoms with Gasteiger partial charge in [0.25, 0.3) is 0 Å². The quantitative estimate of drug-likeness (QED) is 0.598. The van der Waals surface area contributed by atoms with E-state index in [9.17, 15) is 4.79 Å². The molecule has 0 spiro atoms. The topological polar surface area (TPSA) is 57.8 Å². The number of amides is 1. The largest absolute Gasteiger partial charge is 1.00 e. The molecule has 5 heteroatoms. The number of aromatic nitrogens is 2. The summed E-state index contributed by atoms with van der Waals surface area (Å²) in [5, 5.41) is 2.62. The first-order valence-corrected chi connectivity index (χ1v) is 5.33. The fraction of sp³-hybridized carbons (Fsp3) is 0.143. The molecule has 1 aromatic carbocycles. The molecule has 0 bridgehead atoms. The maximum Gasteiger partial charge on any atom is 1.00 e. The van der Waals surface area contributed by atoms with E-state index in [4.69, 9.17) is 0 Å². The number of carbonyl (C=O) groups excluding carboxylic acids is 1. The van der Waals surface area contributed by atoms with Crippen molar-refractivity contribution in [3.8, 4) is 11.4 Å². The normalized spacial score (nSPS) is 9.16. The van der Waals surface area contributed by atoms with Crippen LogP contribution >= 0.6 is 0 Å². The number of hydrogen-bond donors (Lipinski definition) is 2. The standard InChI is InChI=1S/C13H14N3O.CH3.K/c1-8-9(2)15-13(14-8)11-4-6-12(7-5-11)16-10(3)17;;/h4-7H,3H2,1-2H3,(H,14,15)(H,16,17);1H3;/q2*-1;+1. The van der Waals surface area contributed by atoms with E-state index >= 15 is 0 Å². The van der Waals surface area contributed by atoms with Crippen LogP contribution in [0, 0.1) is 28.2 Å². The van der Waals surface area contributed by atoms with E-state index < -0.39 is 0 Å². The third-order valence-electron chi connectivity index (χ3n) is 2.57. The Balaban J connectivity index is 0.00000162. The first-order chi connectivity index (χ1) is 8.06. The number of imidazole rings is 1. The molecule has 2 aromatic rings. The van der Waals surface area contributed by atoms with Gasteiger partial charge in [0.1, 0.15) is 5.82 Å². The number of benzene rings is 1. The van der Waals surface area contributed by atoms with Gasteiger partial charge in [-0.3, -0.25) is 0 Å². The number of H-pyrrole nitrogens is 1. The molecule has 0 unspecified atom stereocenters. The Bertz CT molecular complexity index is 527. The van der Waals surface area contributed by atoms with Crippen molar-refractivity contribution in [2.45, 2.75) is 13.8 Å². The molecule has 0 atom stereocenters. The van der Waals surface area contributed by atoms with Gasteiger partial charge in [-0.1, -0.05) is 0 Å². The Labute approximate surface area is 156 Å². The van der Waals surface area contributed by atoms with E-state index in [0.717, 1.165) is 28.5 Å². The first kappa shape index (κ1) is 18.4. The van der Waals surface area contributed by atoms with Crippen LogP contribution in [0.15, 0.2) is 24.3 Å². The van der Waals surface area contributed by atoms with Gasteiger partial charge in [0.05, 0.1) is 11.6 Å². The zero-order valence-corrected chi connectivity index (χ0v) is 15.0. The van der Waals surface area contributed by atoms with Crippen LogP contribution in [-0.4, -0.2) is 15.9 Å². The van der Waals surface area contributed by atoms with Crippen LogP contribution in [0.5, 0.6) is 0 Å². The first-order valence-electron chi connectivity index (χ1n) is 5.33. The Hall–Kier alpha value is -0.594. The monoisotopic (exact) mass is 282 g/mol. The minimum absolute atomic E-state index is 0. The van der Waals surface area contributed by atoms with Gasteiger partial charge >= 0.3 is 51.4 Å². The van der Waals surface area contributed by atoms with Crippen LogP contribution in [0.1, 0.15) is 11.4 Å². The summed E-state index contributed by atoms with van der Waals surface area (Å²) in [6, 6.07) is 7.46. The van der Waals surface area contributed by atoms with Gasteiger partial charge in [-0.05, 0) is 38.1 Å². The zero-order valence-electron chi connectivity index (χ0n) is 11.9. The second-order valence-electron chi connectivity index (χ2n) is 3.92. The van der Waals surface area contributed by atoms with E-state index in [1.54, 1.807) is 0 Å². The molecule has 0 radical (unpaired) electrons. The van der Waals surface area contributed by atoms with Gasteiger partial charge in [0.2, 0.25) is 0 Å². The van der Waals surface area contributed by atoms with E-state index in [1.165, 1.54) is 0 Å². The van der Waals surface area contributed by atoms with E-state index in [0.29, 0.717) is 0 Å². The van der Waals surface area contributed by atoms with Gasteiger partial charge in [-0.25, -0.2) is 4.98 Å². The predicted molar refractivity (Wildman–Crippen MR) is 73.9 cm³/mol. The molecule has 0 aliphatic heterocycles. The summed E-state index contributed by atoms with van der Waals surface area (Å²) in [4.78, 5) is 18.4. The molecule has 0 aliphatic rings. The average molecular weight is 282 g/mol. The van der Waals surface area contributed by atoms with Crippen molar-refractivity contribution in [1.82, 2.24) is 9.97 Å². The van der Waals surface area contributed by atoms with Crippen LogP contribution in [0.3, 0.4) is 0 Å². The van der Waals surface area contributed by atoms with Gasteiger partial charge < -0.3 is 29.4 Å². The minimum Gasteiger partial charge on any atom is -0.358 e. The molecule has 4 nitrogen and oxygen atoms in total. The Kier molecular flexibility index (Phi) is 7.62. The maximum atomic E-state index is 10.8. The number of aryl methyl sites for hydroxylation is 2. The summed E-state index contributed by atoms with van der Waals surface area (Å²) in [5.41, 5.74) is 3.78. The van der Waals surface area contributed by atoms with Crippen LogP contribution in [-0.2, 0) is 4.79 Å². The molecular weight excluding hydrogens is 265 g/mol. The summed E-state index contributed by atoms with van der Waals surface area (Å²) in [6.45, 7) is 7.21. The van der Waals surface area contributed by atoms with E-state index in [2.05, 4.69) is 22.2 Å². The van der Waals surface area contributed by atoms with Crippen LogP contribution < -0.4 is 56.7 Å². The zero-order chi connectivity index (χ0) is 12.4. The van der Waals surface area contributed by atoms with Crippen molar-refractivity contribution in [3.63, 3.8) is 0 Å². The minimum atomic E-state index is -0.317. The van der Waals surface area contributed by atoms with Crippen LogP contribution in [0.4, 0.5) is 5.69 Å². The summed E-state index contributed by atoms with van der Waals surface area (Å²) in [7, 11) is 0. The maximum absolute atomic E-state index is 10.8. The summed E-state index contributed by atoms with van der Waals surface area (Å²) in [6.07, 6.45) is 0. The Morgan fingerprint density at radius 2 is 1.84 bits per heavy atom. The van der Waals surface area contributed by atoms with Crippen molar-refractivity contribution < 1.29 is 56.2 Å². The molecule has 1 aromatic heterocycles. The Morgan fingerprint density at radius 3 is 2.26 bits per heavy atom. The summed E-state index contributed by atoms with van der Waals surface area (Å²) >= 11 is 0. The number of rotatable bonds is 2. The van der Waals surface area contributed by atoms with Crippen LogP contribution in [0.2, 0.25) is 0 Å². The van der Waals surface area contributed by atoms with Gasteiger partial charge in [0, 0.05) is 16.9 Å². The van der Waals surface area contributed by atoms with Gasteiger partial charge in [-0.15, -0.1) is 0 Å². The van der Waals surface area contributed by atoms with Gasteiger partial charge in [-0.2, -0.15) is 0 Å². The number of nitrogens with one attached hydrogen (secondary N) is 2. The molecule has 0 aliphatic carbocycles. The predicted octanol–water partition coefficient (Wildman–Crippen LogP) is -0.0796. The van der Waals surface area contributed by atoms with Crippen molar-refractivity contribution in [3.05, 3.63) is 50.0 Å². The number of aromatic amines is 1. The molecule has 1 heterocycles. The second-order valence-corrected chi connectivity index (χ2v) is 3.92. The molecule has 96 valence electrons. The molecule has 1 amide bonds. The SMILES string of the molecule is [CH2-]C(=O)Nc1ccc(-c2nc(C)c(C)[nH]2)cc1.[CH3-].[K+]. The molecule has 2 rings (SSSR count). The van der Waals surface area contributed by atoms with Crippen molar-refractivity contribution in [2.24, 2.45) is 0 Å². The van der Waals surface area contributed by atoms with Crippen molar-refractivity contribution >= 4 is 11.6 Å². The van der Waals surface area contributed by atoms with E-state index in [1.807, 2.05) is 38.1 Å². The fourth-order valence-electron chi connectivity index (χ4n) is 1.56. The van der Waals surface area contributed by atoms with Crippen molar-refractivity contribution in [2.75, 3.05) is 5.32 Å². The van der Waals surface area contributed by atoms with E-state index in [-0.39, 0.29) is 64.7 Å². The van der Waals surface area contributed by atoms with Crippen molar-refractivity contribution in [1.29, 1.82) is 0 Å². The molecule has 0 fully saturated rings. The number of hydrogen-bond acceptors (Lipinski definition) is 2. The number of nitrogens with zero attached hydrogens (tertiary/aromatic N) is 1. The average Bonchev–Trinajstić information content (AvgIpc) is 2.59. The molecule has 2 N–H and O–H groups in total. The Morgan fingerprint density at radius 1 is 1.26 bits per heavy atom. The third-order valence-corrected chi connectivity index (χ3v) is 2.57. The third kappa shape index (κ3) is 4.78. The smallest absolute Gasteiger partial charge is 0.358 e. The molecular formula is C14H17KN3O-. The molecule has 0 saturated heterocycles. The molecule has 0 saturated carbocycles. The fourth-order valence-corrected chi connectivity index (χ4v) is 1.56.